The number of benzene rings is 1. The van der Waals surface area contributed by atoms with Crippen LogP contribution in [0.15, 0.2) is 47.8 Å². The lowest BCUT2D eigenvalue weighted by atomic mass is 10.1. The molecule has 2 heterocycles. The maximum absolute atomic E-state index is 12.5. The number of hydrogen-bond donors (Lipinski definition) is 1. The first-order valence-corrected chi connectivity index (χ1v) is 9.48. The van der Waals surface area contributed by atoms with Crippen molar-refractivity contribution in [2.75, 3.05) is 13.6 Å². The number of hydrogen-bond acceptors (Lipinski definition) is 3. The summed E-state index contributed by atoms with van der Waals surface area (Å²) in [6.07, 6.45) is 2.68. The number of aryl methyl sites for hydroxylation is 2. The predicted octanol–water partition coefficient (Wildman–Crippen LogP) is 4.41. The predicted molar refractivity (Wildman–Crippen MR) is 103 cm³/mol. The lowest BCUT2D eigenvalue weighted by Crippen LogP contribution is -2.28. The molecule has 3 aromatic rings. The van der Waals surface area contributed by atoms with E-state index in [1.54, 1.807) is 0 Å². The average Bonchev–Trinajstić information content (AvgIpc) is 3.31. The number of nitrogens with one attached hydrogen (secondary N) is 1. The van der Waals surface area contributed by atoms with E-state index in [-0.39, 0.29) is 5.91 Å². The zero-order valence-electron chi connectivity index (χ0n) is 14.7. The molecule has 4 nitrogen and oxygen atoms in total. The summed E-state index contributed by atoms with van der Waals surface area (Å²) in [7, 11) is 1.88. The Morgan fingerprint density at radius 1 is 1.24 bits per heavy atom. The van der Waals surface area contributed by atoms with E-state index in [9.17, 15) is 4.79 Å². The van der Waals surface area contributed by atoms with Gasteiger partial charge in [0.2, 0.25) is 0 Å². The summed E-state index contributed by atoms with van der Waals surface area (Å²) >= 11 is 1.53. The Kier molecular flexibility index (Phi) is 5.66. The first kappa shape index (κ1) is 17.4. The number of aromatic nitrogens is 2. The third-order valence-electron chi connectivity index (χ3n) is 4.31. The van der Waals surface area contributed by atoms with Crippen molar-refractivity contribution in [1.29, 1.82) is 0 Å². The van der Waals surface area contributed by atoms with Crippen LogP contribution in [-0.4, -0.2) is 34.6 Å². The number of aromatic amines is 1. The Morgan fingerprint density at radius 3 is 2.80 bits per heavy atom. The first-order valence-electron chi connectivity index (χ1n) is 8.60. The maximum Gasteiger partial charge on any atom is 0.263 e. The van der Waals surface area contributed by atoms with Gasteiger partial charge in [0, 0.05) is 24.8 Å². The second kappa shape index (κ2) is 8.12. The van der Waals surface area contributed by atoms with Gasteiger partial charge in [0.05, 0.1) is 10.6 Å². The van der Waals surface area contributed by atoms with Gasteiger partial charge in [-0.3, -0.25) is 9.89 Å². The van der Waals surface area contributed by atoms with Gasteiger partial charge in [-0.05, 0) is 42.3 Å². The summed E-state index contributed by atoms with van der Waals surface area (Å²) in [5.74, 6) is 0.126. The molecule has 25 heavy (non-hydrogen) atoms. The Morgan fingerprint density at radius 2 is 2.04 bits per heavy atom. The highest BCUT2D eigenvalue weighted by atomic mass is 32.1. The van der Waals surface area contributed by atoms with E-state index in [1.165, 1.54) is 11.3 Å². The maximum atomic E-state index is 12.5. The van der Waals surface area contributed by atoms with Crippen LogP contribution < -0.4 is 0 Å². The van der Waals surface area contributed by atoms with Crippen molar-refractivity contribution in [2.45, 2.75) is 26.2 Å². The van der Waals surface area contributed by atoms with Crippen molar-refractivity contribution in [3.8, 4) is 11.3 Å². The van der Waals surface area contributed by atoms with Crippen molar-refractivity contribution in [3.63, 3.8) is 0 Å². The van der Waals surface area contributed by atoms with E-state index in [0.717, 1.165) is 53.2 Å². The first-order chi connectivity index (χ1) is 12.2. The largest absolute Gasteiger partial charge is 0.341 e. The molecule has 0 saturated carbocycles. The highest BCUT2D eigenvalue weighted by molar-refractivity contribution is 7.12. The molecule has 1 amide bonds. The lowest BCUT2D eigenvalue weighted by Gasteiger charge is -2.16. The molecule has 0 aliphatic rings. The average molecular weight is 353 g/mol. The summed E-state index contributed by atoms with van der Waals surface area (Å²) in [6, 6.07) is 14.3. The fraction of sp³-hybridized carbons (Fsp3) is 0.300. The summed E-state index contributed by atoms with van der Waals surface area (Å²) in [6.45, 7) is 2.82. The Bertz CT molecular complexity index is 822. The summed E-state index contributed by atoms with van der Waals surface area (Å²) in [5.41, 5.74) is 4.32. The van der Waals surface area contributed by atoms with Crippen LogP contribution in [-0.2, 0) is 12.8 Å². The van der Waals surface area contributed by atoms with Crippen molar-refractivity contribution < 1.29 is 4.79 Å². The standard InChI is InChI=1S/C20H23N3OS/c1-3-15-11-13-25-19(15)20(24)23(2)12-7-10-17-14-18(22-21-17)16-8-5-4-6-9-16/h4-6,8-9,11,13-14H,3,7,10,12H2,1-2H3,(H,21,22). The number of carbonyl (C=O) groups is 1. The van der Waals surface area contributed by atoms with Gasteiger partial charge in [-0.25, -0.2) is 0 Å². The smallest absolute Gasteiger partial charge is 0.263 e. The van der Waals surface area contributed by atoms with E-state index < -0.39 is 0 Å². The quantitative estimate of drug-likeness (QED) is 0.684. The fourth-order valence-electron chi connectivity index (χ4n) is 2.83. The second-order valence-electron chi connectivity index (χ2n) is 6.10. The van der Waals surface area contributed by atoms with Crippen LogP contribution in [0.25, 0.3) is 11.3 Å². The molecular formula is C20H23N3OS. The second-order valence-corrected chi connectivity index (χ2v) is 7.02. The minimum absolute atomic E-state index is 0.126. The third-order valence-corrected chi connectivity index (χ3v) is 5.25. The fourth-order valence-corrected chi connectivity index (χ4v) is 3.82. The van der Waals surface area contributed by atoms with Crippen molar-refractivity contribution in [3.05, 3.63) is 64.0 Å². The molecule has 1 aromatic carbocycles. The number of amides is 1. The van der Waals surface area contributed by atoms with E-state index in [1.807, 2.05) is 41.6 Å². The van der Waals surface area contributed by atoms with Gasteiger partial charge in [0.1, 0.15) is 0 Å². The van der Waals surface area contributed by atoms with Crippen molar-refractivity contribution in [1.82, 2.24) is 15.1 Å². The lowest BCUT2D eigenvalue weighted by molar-refractivity contribution is 0.0797. The SMILES string of the molecule is CCc1ccsc1C(=O)N(C)CCCc1cc(-c2ccccc2)n[nH]1. The normalized spacial score (nSPS) is 10.8. The van der Waals surface area contributed by atoms with Crippen LogP contribution in [0.1, 0.15) is 34.3 Å². The Balaban J connectivity index is 1.53. The number of H-pyrrole nitrogens is 1. The molecule has 0 aliphatic heterocycles. The molecule has 0 bridgehead atoms. The van der Waals surface area contributed by atoms with Gasteiger partial charge in [-0.2, -0.15) is 5.10 Å². The summed E-state index contributed by atoms with van der Waals surface area (Å²) in [4.78, 5) is 15.2. The molecule has 0 unspecified atom stereocenters. The highest BCUT2D eigenvalue weighted by Crippen LogP contribution is 2.20. The minimum atomic E-state index is 0.126. The van der Waals surface area contributed by atoms with Gasteiger partial charge in [0.15, 0.2) is 0 Å². The van der Waals surface area contributed by atoms with Crippen LogP contribution in [0.2, 0.25) is 0 Å². The van der Waals surface area contributed by atoms with Crippen LogP contribution in [0.5, 0.6) is 0 Å². The number of thiophene rings is 1. The molecule has 0 atom stereocenters. The molecule has 0 radical (unpaired) electrons. The third kappa shape index (κ3) is 4.17. The Labute approximate surface area is 152 Å². The molecule has 2 aromatic heterocycles. The van der Waals surface area contributed by atoms with Crippen molar-refractivity contribution in [2.24, 2.45) is 0 Å². The zero-order valence-corrected chi connectivity index (χ0v) is 15.5. The van der Waals surface area contributed by atoms with Crippen LogP contribution in [0.4, 0.5) is 0 Å². The van der Waals surface area contributed by atoms with E-state index in [0.29, 0.717) is 0 Å². The summed E-state index contributed by atoms with van der Waals surface area (Å²) < 4.78 is 0. The highest BCUT2D eigenvalue weighted by Gasteiger charge is 2.16. The molecule has 1 N–H and O–H groups in total. The molecule has 0 fully saturated rings. The molecule has 130 valence electrons. The number of rotatable bonds is 7. The molecule has 5 heteroatoms. The molecular weight excluding hydrogens is 330 g/mol. The van der Waals surface area contributed by atoms with E-state index in [2.05, 4.69) is 35.3 Å². The van der Waals surface area contributed by atoms with E-state index in [4.69, 9.17) is 0 Å². The van der Waals surface area contributed by atoms with E-state index >= 15 is 0 Å². The molecule has 0 spiro atoms. The number of nitrogens with zero attached hydrogens (tertiary/aromatic N) is 2. The van der Waals surface area contributed by atoms with Crippen LogP contribution >= 0.6 is 11.3 Å². The minimum Gasteiger partial charge on any atom is -0.341 e. The van der Waals surface area contributed by atoms with Crippen LogP contribution in [0, 0.1) is 0 Å². The molecule has 3 rings (SSSR count). The topological polar surface area (TPSA) is 49.0 Å². The molecule has 0 saturated heterocycles. The molecule has 0 aliphatic carbocycles. The van der Waals surface area contributed by atoms with Crippen molar-refractivity contribution >= 4 is 17.2 Å². The van der Waals surface area contributed by atoms with Crippen LogP contribution in [0.3, 0.4) is 0 Å². The Hall–Kier alpha value is -2.40. The van der Waals surface area contributed by atoms with Gasteiger partial charge in [-0.1, -0.05) is 37.3 Å². The van der Waals surface area contributed by atoms with Gasteiger partial charge in [0.25, 0.3) is 5.91 Å². The monoisotopic (exact) mass is 353 g/mol. The van der Waals surface area contributed by atoms with Gasteiger partial charge >= 0.3 is 0 Å². The number of carbonyl (C=O) groups excluding carboxylic acids is 1. The van der Waals surface area contributed by atoms with Gasteiger partial charge < -0.3 is 4.90 Å². The zero-order chi connectivity index (χ0) is 17.6. The van der Waals surface area contributed by atoms with Gasteiger partial charge in [-0.15, -0.1) is 11.3 Å². The summed E-state index contributed by atoms with van der Waals surface area (Å²) in [5, 5.41) is 9.48.